The van der Waals surface area contributed by atoms with Crippen LogP contribution in [0.3, 0.4) is 0 Å². The van der Waals surface area contributed by atoms with Gasteiger partial charge in [0.2, 0.25) is 0 Å². The van der Waals surface area contributed by atoms with E-state index < -0.39 is 11.0 Å². The number of nitrogens with zero attached hydrogens (tertiary/aromatic N) is 2. The zero-order chi connectivity index (χ0) is 14.0. The zero-order valence-electron chi connectivity index (χ0n) is 10.2. The molecule has 1 aromatic carbocycles. The second-order valence-electron chi connectivity index (χ2n) is 4.13. The Bertz CT molecular complexity index is 661. The predicted molar refractivity (Wildman–Crippen MR) is 69.6 cm³/mol. The van der Waals surface area contributed by atoms with Gasteiger partial charge in [-0.15, -0.1) is 0 Å². The Morgan fingerprint density at radius 2 is 2.00 bits per heavy atom. The molecule has 0 saturated carbocycles. The molecule has 0 saturated heterocycles. The number of benzene rings is 1. The zero-order valence-corrected chi connectivity index (χ0v) is 10.2. The fraction of sp³-hybridized carbons (Fsp3) is 0.167. The number of non-ortho nitro benzene ring substituents is 1. The van der Waals surface area contributed by atoms with Crippen molar-refractivity contribution in [1.82, 2.24) is 10.2 Å². The summed E-state index contributed by atoms with van der Waals surface area (Å²) in [5.74, 6) is 0. The highest BCUT2D eigenvalue weighted by atomic mass is 16.6. The van der Waals surface area contributed by atoms with E-state index >= 15 is 0 Å². The Morgan fingerprint density at radius 3 is 2.53 bits per heavy atom. The van der Waals surface area contributed by atoms with Crippen molar-refractivity contribution in [3.8, 4) is 11.3 Å². The summed E-state index contributed by atoms with van der Waals surface area (Å²) >= 11 is 0. The molecule has 1 aromatic heterocycles. The van der Waals surface area contributed by atoms with Crippen LogP contribution in [-0.2, 0) is 0 Å². The molecule has 7 nitrogen and oxygen atoms in total. The smallest absolute Gasteiger partial charge is 0.269 e. The van der Waals surface area contributed by atoms with Gasteiger partial charge in [0.1, 0.15) is 0 Å². The molecule has 0 fully saturated rings. The summed E-state index contributed by atoms with van der Waals surface area (Å²) in [4.78, 5) is 21.6. The number of hydrogen-bond acceptors (Lipinski definition) is 5. The third kappa shape index (κ3) is 2.66. The standard InChI is InChI=1S/C12H12N4O3/c1-7(13)10-6-11(14-15-12(10)17)8-2-4-9(5-3-8)16(18)19/h2-7H,13H2,1H3,(H,15,17). The quantitative estimate of drug-likeness (QED) is 0.638. The van der Waals surface area contributed by atoms with E-state index in [2.05, 4.69) is 10.2 Å². The maximum atomic E-state index is 11.5. The topological polar surface area (TPSA) is 115 Å². The van der Waals surface area contributed by atoms with Gasteiger partial charge in [-0.2, -0.15) is 5.10 Å². The average molecular weight is 260 g/mol. The van der Waals surface area contributed by atoms with Gasteiger partial charge in [0.15, 0.2) is 0 Å². The normalized spacial score (nSPS) is 12.1. The van der Waals surface area contributed by atoms with Gasteiger partial charge in [-0.25, -0.2) is 5.10 Å². The van der Waals surface area contributed by atoms with Crippen LogP contribution >= 0.6 is 0 Å². The van der Waals surface area contributed by atoms with Gasteiger partial charge in [0, 0.05) is 29.3 Å². The van der Waals surface area contributed by atoms with E-state index in [0.29, 0.717) is 16.8 Å². The molecule has 0 aliphatic rings. The molecule has 7 heteroatoms. The number of rotatable bonds is 3. The molecule has 0 amide bonds. The molecule has 2 rings (SSSR count). The maximum absolute atomic E-state index is 11.5. The van der Waals surface area contributed by atoms with Crippen LogP contribution in [-0.4, -0.2) is 15.1 Å². The van der Waals surface area contributed by atoms with E-state index in [-0.39, 0.29) is 11.2 Å². The Kier molecular flexibility index (Phi) is 3.39. The molecule has 1 heterocycles. The van der Waals surface area contributed by atoms with Gasteiger partial charge in [-0.05, 0) is 25.1 Å². The Morgan fingerprint density at radius 1 is 1.37 bits per heavy atom. The van der Waals surface area contributed by atoms with Gasteiger partial charge < -0.3 is 5.73 Å². The SMILES string of the molecule is CC(N)c1cc(-c2ccc([N+](=O)[O-])cc2)n[nH]c1=O. The Hall–Kier alpha value is -2.54. The van der Waals surface area contributed by atoms with Gasteiger partial charge in [0.25, 0.3) is 11.2 Å². The van der Waals surface area contributed by atoms with Crippen LogP contribution in [0.4, 0.5) is 5.69 Å². The molecule has 0 aliphatic heterocycles. The average Bonchev–Trinajstić information content (AvgIpc) is 2.39. The Labute approximate surface area is 108 Å². The van der Waals surface area contributed by atoms with Crippen LogP contribution < -0.4 is 11.3 Å². The summed E-state index contributed by atoms with van der Waals surface area (Å²) in [6, 6.07) is 7.09. The minimum Gasteiger partial charge on any atom is -0.324 e. The lowest BCUT2D eigenvalue weighted by atomic mass is 10.1. The van der Waals surface area contributed by atoms with Crippen molar-refractivity contribution in [1.29, 1.82) is 0 Å². The third-order valence-corrected chi connectivity index (χ3v) is 2.70. The lowest BCUT2D eigenvalue weighted by Gasteiger charge is -2.06. The van der Waals surface area contributed by atoms with Crippen LogP contribution in [0.25, 0.3) is 11.3 Å². The van der Waals surface area contributed by atoms with Crippen LogP contribution in [0.15, 0.2) is 35.1 Å². The minimum atomic E-state index is -0.475. The van der Waals surface area contributed by atoms with E-state index in [4.69, 9.17) is 5.73 Å². The van der Waals surface area contributed by atoms with E-state index in [1.54, 1.807) is 25.1 Å². The van der Waals surface area contributed by atoms with Crippen molar-refractivity contribution in [2.24, 2.45) is 5.73 Å². The van der Waals surface area contributed by atoms with Crippen molar-refractivity contribution in [2.75, 3.05) is 0 Å². The van der Waals surface area contributed by atoms with Crippen molar-refractivity contribution in [3.63, 3.8) is 0 Å². The Balaban J connectivity index is 2.44. The van der Waals surface area contributed by atoms with Crippen LogP contribution in [0.5, 0.6) is 0 Å². The summed E-state index contributed by atoms with van der Waals surface area (Å²) in [6.45, 7) is 1.70. The first-order valence-corrected chi connectivity index (χ1v) is 5.59. The third-order valence-electron chi connectivity index (χ3n) is 2.70. The summed E-state index contributed by atoms with van der Waals surface area (Å²) in [6.07, 6.45) is 0. The van der Waals surface area contributed by atoms with Gasteiger partial charge >= 0.3 is 0 Å². The monoisotopic (exact) mass is 260 g/mol. The van der Waals surface area contributed by atoms with Gasteiger partial charge in [0.05, 0.1) is 10.6 Å². The first kappa shape index (κ1) is 12.9. The van der Waals surface area contributed by atoms with Crippen LogP contribution in [0.1, 0.15) is 18.5 Å². The van der Waals surface area contributed by atoms with E-state index in [9.17, 15) is 14.9 Å². The van der Waals surface area contributed by atoms with E-state index in [0.717, 1.165) is 0 Å². The van der Waals surface area contributed by atoms with Crippen molar-refractivity contribution < 1.29 is 4.92 Å². The van der Waals surface area contributed by atoms with Crippen molar-refractivity contribution in [3.05, 3.63) is 56.4 Å². The first-order chi connectivity index (χ1) is 8.99. The van der Waals surface area contributed by atoms with Gasteiger partial charge in [-0.1, -0.05) is 0 Å². The highest BCUT2D eigenvalue weighted by Gasteiger charge is 2.10. The molecular formula is C12H12N4O3. The molecule has 0 radical (unpaired) electrons. The van der Waals surface area contributed by atoms with Crippen LogP contribution in [0.2, 0.25) is 0 Å². The number of aromatic nitrogens is 2. The molecule has 0 bridgehead atoms. The lowest BCUT2D eigenvalue weighted by molar-refractivity contribution is -0.384. The number of aromatic amines is 1. The highest BCUT2D eigenvalue weighted by molar-refractivity contribution is 5.61. The lowest BCUT2D eigenvalue weighted by Crippen LogP contribution is -2.20. The number of hydrogen-bond donors (Lipinski definition) is 2. The molecular weight excluding hydrogens is 248 g/mol. The number of nitrogens with two attached hydrogens (primary N) is 1. The fourth-order valence-corrected chi connectivity index (χ4v) is 1.66. The van der Waals surface area contributed by atoms with E-state index in [1.807, 2.05) is 0 Å². The first-order valence-electron chi connectivity index (χ1n) is 5.59. The van der Waals surface area contributed by atoms with Crippen molar-refractivity contribution >= 4 is 5.69 Å². The minimum absolute atomic E-state index is 0.000547. The number of nitrogens with one attached hydrogen (secondary N) is 1. The van der Waals surface area contributed by atoms with Crippen LogP contribution in [0, 0.1) is 10.1 Å². The fourth-order valence-electron chi connectivity index (χ4n) is 1.66. The summed E-state index contributed by atoms with van der Waals surface area (Å²) in [5.41, 5.74) is 6.96. The molecule has 98 valence electrons. The van der Waals surface area contributed by atoms with Crippen molar-refractivity contribution in [2.45, 2.75) is 13.0 Å². The molecule has 0 aliphatic carbocycles. The molecule has 2 aromatic rings. The number of H-pyrrole nitrogens is 1. The second kappa shape index (κ2) is 4.99. The van der Waals surface area contributed by atoms with E-state index in [1.165, 1.54) is 12.1 Å². The molecule has 0 spiro atoms. The predicted octanol–water partition coefficient (Wildman–Crippen LogP) is 1.36. The van der Waals surface area contributed by atoms with Gasteiger partial charge in [-0.3, -0.25) is 14.9 Å². The molecule has 1 unspecified atom stereocenters. The summed E-state index contributed by atoms with van der Waals surface area (Å²) in [7, 11) is 0. The largest absolute Gasteiger partial charge is 0.324 e. The number of nitro benzene ring substituents is 1. The summed E-state index contributed by atoms with van der Waals surface area (Å²) in [5, 5.41) is 16.8. The second-order valence-corrected chi connectivity index (χ2v) is 4.13. The molecule has 19 heavy (non-hydrogen) atoms. The molecule has 3 N–H and O–H groups in total. The number of nitro groups is 1. The molecule has 1 atom stereocenters. The highest BCUT2D eigenvalue weighted by Crippen LogP contribution is 2.21. The maximum Gasteiger partial charge on any atom is 0.269 e. The summed E-state index contributed by atoms with van der Waals surface area (Å²) < 4.78 is 0.